The molecule has 1 aliphatic rings. The minimum atomic E-state index is 0.246. The highest BCUT2D eigenvalue weighted by molar-refractivity contribution is 8.00. The number of thioether (sulfide) groups is 1. The highest BCUT2D eigenvalue weighted by Gasteiger charge is 2.23. The third kappa shape index (κ3) is 3.40. The second kappa shape index (κ2) is 5.24. The molecule has 1 aromatic rings. The summed E-state index contributed by atoms with van der Waals surface area (Å²) in [7, 11) is 0. The van der Waals surface area contributed by atoms with Crippen LogP contribution in [0.1, 0.15) is 24.8 Å². The summed E-state index contributed by atoms with van der Waals surface area (Å²) in [5, 5.41) is 10.4. The van der Waals surface area contributed by atoms with E-state index in [2.05, 4.69) is 12.1 Å². The van der Waals surface area contributed by atoms with E-state index in [-0.39, 0.29) is 6.61 Å². The van der Waals surface area contributed by atoms with Crippen molar-refractivity contribution in [2.75, 3.05) is 6.61 Å². The lowest BCUT2D eigenvalue weighted by Gasteiger charge is -2.05. The van der Waals surface area contributed by atoms with Gasteiger partial charge >= 0.3 is 0 Å². The molecule has 15 heavy (non-hydrogen) atoms. The van der Waals surface area contributed by atoms with Crippen LogP contribution in [0.4, 0.5) is 0 Å². The van der Waals surface area contributed by atoms with Crippen molar-refractivity contribution in [1.29, 1.82) is 0 Å². The van der Waals surface area contributed by atoms with Gasteiger partial charge in [0.05, 0.1) is 5.02 Å². The molecule has 0 radical (unpaired) electrons. The average molecular weight is 243 g/mol. The number of halogens is 1. The van der Waals surface area contributed by atoms with Crippen molar-refractivity contribution in [3.63, 3.8) is 0 Å². The molecule has 0 bridgehead atoms. The summed E-state index contributed by atoms with van der Waals surface area (Å²) in [6.45, 7) is 0.246. The Morgan fingerprint density at radius 1 is 1.40 bits per heavy atom. The highest BCUT2D eigenvalue weighted by atomic mass is 35.5. The normalized spacial score (nSPS) is 15.6. The molecule has 0 aromatic heterocycles. The maximum absolute atomic E-state index is 8.74. The van der Waals surface area contributed by atoms with Crippen LogP contribution in [0.3, 0.4) is 0 Å². The fourth-order valence-electron chi connectivity index (χ4n) is 1.44. The van der Waals surface area contributed by atoms with Crippen molar-refractivity contribution in [3.05, 3.63) is 28.8 Å². The first-order chi connectivity index (χ1) is 7.29. The Hall–Kier alpha value is -0.180. The molecule has 0 saturated heterocycles. The fraction of sp³-hybridized carbons (Fsp3) is 0.500. The number of aliphatic hydroxyl groups excluding tert-OH is 1. The van der Waals surface area contributed by atoms with E-state index >= 15 is 0 Å². The zero-order valence-corrected chi connectivity index (χ0v) is 10.2. The maximum Gasteiger partial charge on any atom is 0.0544 e. The number of aryl methyl sites for hydroxylation is 1. The van der Waals surface area contributed by atoms with Crippen molar-refractivity contribution in [2.45, 2.75) is 35.8 Å². The van der Waals surface area contributed by atoms with Crippen molar-refractivity contribution in [2.24, 2.45) is 0 Å². The number of hydrogen-bond acceptors (Lipinski definition) is 2. The number of hydrogen-bond donors (Lipinski definition) is 1. The molecule has 0 unspecified atom stereocenters. The standard InChI is InChI=1S/C12H15ClOS/c13-11-8-9(2-1-7-14)3-6-12(11)15-10-4-5-10/h3,6,8,10,14H,1-2,4-5,7H2. The Labute approximate surface area is 99.8 Å². The van der Waals surface area contributed by atoms with Gasteiger partial charge in [0.15, 0.2) is 0 Å². The SMILES string of the molecule is OCCCc1ccc(SC2CC2)c(Cl)c1. The molecule has 0 spiro atoms. The first-order valence-electron chi connectivity index (χ1n) is 5.35. The van der Waals surface area contributed by atoms with Gasteiger partial charge in [-0.05, 0) is 43.4 Å². The molecule has 82 valence electrons. The predicted molar refractivity (Wildman–Crippen MR) is 65.7 cm³/mol. The summed E-state index contributed by atoms with van der Waals surface area (Å²) >= 11 is 8.08. The van der Waals surface area contributed by atoms with Crippen LogP contribution in [0.2, 0.25) is 5.02 Å². The van der Waals surface area contributed by atoms with Crippen LogP contribution >= 0.6 is 23.4 Å². The summed E-state index contributed by atoms with van der Waals surface area (Å²) in [6, 6.07) is 6.26. The van der Waals surface area contributed by atoms with Gasteiger partial charge in [-0.1, -0.05) is 17.7 Å². The molecular weight excluding hydrogens is 228 g/mol. The molecule has 1 aromatic carbocycles. The van der Waals surface area contributed by atoms with Gasteiger partial charge < -0.3 is 5.11 Å². The van der Waals surface area contributed by atoms with E-state index < -0.39 is 0 Å². The van der Waals surface area contributed by atoms with E-state index in [1.165, 1.54) is 23.3 Å². The summed E-state index contributed by atoms with van der Waals surface area (Å²) in [5.41, 5.74) is 1.22. The van der Waals surface area contributed by atoms with E-state index in [4.69, 9.17) is 16.7 Å². The van der Waals surface area contributed by atoms with Crippen molar-refractivity contribution < 1.29 is 5.11 Å². The lowest BCUT2D eigenvalue weighted by atomic mass is 10.1. The quantitative estimate of drug-likeness (QED) is 0.853. The number of rotatable bonds is 5. The highest BCUT2D eigenvalue weighted by Crippen LogP contribution is 2.41. The summed E-state index contributed by atoms with van der Waals surface area (Å²) in [6.07, 6.45) is 4.37. The molecule has 2 rings (SSSR count). The van der Waals surface area contributed by atoms with Crippen molar-refractivity contribution in [1.82, 2.24) is 0 Å². The second-order valence-corrected chi connectivity index (χ2v) is 5.66. The van der Waals surface area contributed by atoms with Gasteiger partial charge in [-0.15, -0.1) is 11.8 Å². The van der Waals surface area contributed by atoms with E-state index in [1.807, 2.05) is 17.8 Å². The van der Waals surface area contributed by atoms with Gasteiger partial charge in [-0.3, -0.25) is 0 Å². The van der Waals surface area contributed by atoms with Crippen LogP contribution in [-0.4, -0.2) is 17.0 Å². The first kappa shape index (κ1) is 11.3. The van der Waals surface area contributed by atoms with Crippen LogP contribution in [0.25, 0.3) is 0 Å². The average Bonchev–Trinajstić information content (AvgIpc) is 3.02. The van der Waals surface area contributed by atoms with Gasteiger partial charge in [-0.2, -0.15) is 0 Å². The zero-order chi connectivity index (χ0) is 10.7. The van der Waals surface area contributed by atoms with Crippen LogP contribution in [0.5, 0.6) is 0 Å². The second-order valence-electron chi connectivity index (χ2n) is 3.91. The minimum absolute atomic E-state index is 0.246. The van der Waals surface area contributed by atoms with Crippen LogP contribution in [0.15, 0.2) is 23.1 Å². The largest absolute Gasteiger partial charge is 0.396 e. The van der Waals surface area contributed by atoms with Crippen LogP contribution in [0, 0.1) is 0 Å². The smallest absolute Gasteiger partial charge is 0.0544 e. The monoisotopic (exact) mass is 242 g/mol. The lowest BCUT2D eigenvalue weighted by Crippen LogP contribution is -1.90. The third-order valence-corrected chi connectivity index (χ3v) is 4.28. The molecule has 1 aliphatic carbocycles. The fourth-order valence-corrected chi connectivity index (χ4v) is 2.83. The Balaban J connectivity index is 2.00. The lowest BCUT2D eigenvalue weighted by molar-refractivity contribution is 0.288. The molecule has 0 heterocycles. The Morgan fingerprint density at radius 2 is 2.20 bits per heavy atom. The summed E-state index contributed by atoms with van der Waals surface area (Å²) < 4.78 is 0. The molecule has 1 nitrogen and oxygen atoms in total. The Morgan fingerprint density at radius 3 is 2.80 bits per heavy atom. The van der Waals surface area contributed by atoms with Gasteiger partial charge in [0, 0.05) is 16.8 Å². The van der Waals surface area contributed by atoms with E-state index in [1.54, 1.807) is 0 Å². The molecule has 1 saturated carbocycles. The Kier molecular flexibility index (Phi) is 3.95. The third-order valence-electron chi connectivity index (χ3n) is 2.44. The van der Waals surface area contributed by atoms with Gasteiger partial charge in [0.2, 0.25) is 0 Å². The topological polar surface area (TPSA) is 20.2 Å². The van der Waals surface area contributed by atoms with Gasteiger partial charge in [0.25, 0.3) is 0 Å². The molecule has 1 fully saturated rings. The van der Waals surface area contributed by atoms with Crippen LogP contribution in [-0.2, 0) is 6.42 Å². The molecule has 1 N–H and O–H groups in total. The van der Waals surface area contributed by atoms with Crippen LogP contribution < -0.4 is 0 Å². The van der Waals surface area contributed by atoms with Crippen molar-refractivity contribution >= 4 is 23.4 Å². The molecular formula is C12H15ClOS. The first-order valence-corrected chi connectivity index (χ1v) is 6.61. The minimum Gasteiger partial charge on any atom is -0.396 e. The van der Waals surface area contributed by atoms with Gasteiger partial charge in [0.1, 0.15) is 0 Å². The summed E-state index contributed by atoms with van der Waals surface area (Å²) in [4.78, 5) is 1.20. The zero-order valence-electron chi connectivity index (χ0n) is 8.58. The number of benzene rings is 1. The molecule has 0 atom stereocenters. The van der Waals surface area contributed by atoms with E-state index in [0.29, 0.717) is 0 Å². The number of aliphatic hydroxyl groups is 1. The summed E-state index contributed by atoms with van der Waals surface area (Å²) in [5.74, 6) is 0. The maximum atomic E-state index is 8.74. The Bertz CT molecular complexity index is 336. The van der Waals surface area contributed by atoms with Crippen molar-refractivity contribution in [3.8, 4) is 0 Å². The van der Waals surface area contributed by atoms with E-state index in [9.17, 15) is 0 Å². The van der Waals surface area contributed by atoms with E-state index in [0.717, 1.165) is 23.1 Å². The predicted octanol–water partition coefficient (Wildman–Crippen LogP) is 3.52. The molecule has 0 amide bonds. The van der Waals surface area contributed by atoms with Gasteiger partial charge in [-0.25, -0.2) is 0 Å². The molecule has 3 heteroatoms. The molecule has 0 aliphatic heterocycles.